The molecule has 4 heteroatoms. The second-order valence-electron chi connectivity index (χ2n) is 3.80. The minimum atomic E-state index is -0.307. The summed E-state index contributed by atoms with van der Waals surface area (Å²) in [5, 5.41) is 3.25. The molecule has 1 rings (SSSR count). The summed E-state index contributed by atoms with van der Waals surface area (Å²) < 4.78 is 18.3. The van der Waals surface area contributed by atoms with Crippen LogP contribution in [-0.4, -0.2) is 24.7 Å². The van der Waals surface area contributed by atoms with Crippen molar-refractivity contribution in [1.29, 1.82) is 0 Å². The smallest absolute Gasteiger partial charge is 0.141 e. The molecular weight excluding hydrogens is 219 g/mol. The van der Waals surface area contributed by atoms with Gasteiger partial charge in [0.1, 0.15) is 5.82 Å². The third-order valence-electron chi connectivity index (χ3n) is 2.39. The van der Waals surface area contributed by atoms with Crippen LogP contribution in [0.5, 0.6) is 0 Å². The van der Waals surface area contributed by atoms with Gasteiger partial charge in [-0.05, 0) is 25.0 Å². The van der Waals surface area contributed by atoms with Crippen LogP contribution in [0.4, 0.5) is 4.39 Å². The van der Waals surface area contributed by atoms with E-state index in [4.69, 9.17) is 4.74 Å². The third kappa shape index (κ3) is 5.56. The van der Waals surface area contributed by atoms with Gasteiger partial charge in [0.25, 0.3) is 0 Å². The molecule has 0 saturated carbocycles. The zero-order valence-electron chi connectivity index (χ0n) is 10.2. The molecule has 0 radical (unpaired) electrons. The quantitative estimate of drug-likeness (QED) is 0.558. The van der Waals surface area contributed by atoms with Crippen molar-refractivity contribution in [1.82, 2.24) is 10.3 Å². The fraction of sp³-hybridized carbons (Fsp3) is 0.462. The van der Waals surface area contributed by atoms with E-state index >= 15 is 0 Å². The number of nitrogens with zero attached hydrogens (tertiary/aromatic N) is 1. The highest BCUT2D eigenvalue weighted by Crippen LogP contribution is 2.11. The van der Waals surface area contributed by atoms with E-state index in [1.165, 1.54) is 12.3 Å². The Balaban J connectivity index is 2.21. The molecule has 0 fully saturated rings. The molecule has 0 aliphatic rings. The van der Waals surface area contributed by atoms with Gasteiger partial charge < -0.3 is 10.1 Å². The van der Waals surface area contributed by atoms with Crippen molar-refractivity contribution in [3.8, 4) is 0 Å². The van der Waals surface area contributed by atoms with Crippen molar-refractivity contribution >= 4 is 0 Å². The maximum Gasteiger partial charge on any atom is 0.141 e. The molecule has 0 aromatic carbocycles. The van der Waals surface area contributed by atoms with E-state index in [1.54, 1.807) is 6.20 Å². The van der Waals surface area contributed by atoms with Crippen LogP contribution in [0.15, 0.2) is 31.1 Å². The highest BCUT2D eigenvalue weighted by atomic mass is 19.1. The molecular formula is C13H19FN2O. The van der Waals surface area contributed by atoms with E-state index in [1.807, 2.05) is 13.0 Å². The van der Waals surface area contributed by atoms with Gasteiger partial charge in [0.2, 0.25) is 0 Å². The van der Waals surface area contributed by atoms with Crippen LogP contribution in [0.3, 0.4) is 0 Å². The molecule has 1 aromatic rings. The van der Waals surface area contributed by atoms with Crippen molar-refractivity contribution in [2.75, 3.05) is 19.8 Å². The van der Waals surface area contributed by atoms with Crippen molar-refractivity contribution in [3.05, 3.63) is 42.5 Å². The number of aromatic nitrogens is 1. The lowest BCUT2D eigenvalue weighted by Gasteiger charge is -2.13. The van der Waals surface area contributed by atoms with Crippen LogP contribution < -0.4 is 5.32 Å². The lowest BCUT2D eigenvalue weighted by molar-refractivity contribution is 0.138. The summed E-state index contributed by atoms with van der Waals surface area (Å²) in [4.78, 5) is 3.82. The van der Waals surface area contributed by atoms with Gasteiger partial charge in [-0.2, -0.15) is 0 Å². The maximum absolute atomic E-state index is 12.9. The van der Waals surface area contributed by atoms with Crippen molar-refractivity contribution in [2.24, 2.45) is 0 Å². The summed E-state index contributed by atoms with van der Waals surface area (Å²) in [6.07, 6.45) is 5.56. The van der Waals surface area contributed by atoms with Crippen molar-refractivity contribution < 1.29 is 9.13 Å². The number of ether oxygens (including phenoxy) is 1. The number of hydrogen-bond donors (Lipinski definition) is 1. The van der Waals surface area contributed by atoms with Gasteiger partial charge in [-0.3, -0.25) is 4.98 Å². The van der Waals surface area contributed by atoms with Gasteiger partial charge in [-0.1, -0.05) is 6.08 Å². The second kappa shape index (κ2) is 7.92. The van der Waals surface area contributed by atoms with E-state index in [0.717, 1.165) is 18.5 Å². The first-order chi connectivity index (χ1) is 8.24. The molecule has 0 saturated heterocycles. The molecule has 1 heterocycles. The largest absolute Gasteiger partial charge is 0.380 e. The Morgan fingerprint density at radius 2 is 2.35 bits per heavy atom. The van der Waals surface area contributed by atoms with E-state index in [-0.39, 0.29) is 11.9 Å². The van der Waals surface area contributed by atoms with Crippen LogP contribution in [-0.2, 0) is 4.74 Å². The summed E-state index contributed by atoms with van der Waals surface area (Å²) >= 11 is 0. The summed E-state index contributed by atoms with van der Waals surface area (Å²) in [6, 6.07) is 1.56. The molecule has 1 N–H and O–H groups in total. The molecule has 0 amide bonds. The molecule has 1 unspecified atom stereocenters. The van der Waals surface area contributed by atoms with Gasteiger partial charge in [0.05, 0.1) is 19.4 Å². The second-order valence-corrected chi connectivity index (χ2v) is 3.80. The molecule has 0 aliphatic heterocycles. The topological polar surface area (TPSA) is 34.1 Å². The van der Waals surface area contributed by atoms with Crippen LogP contribution in [0.25, 0.3) is 0 Å². The average molecular weight is 238 g/mol. The number of nitrogens with one attached hydrogen (secondary N) is 1. The minimum Gasteiger partial charge on any atom is -0.380 e. The fourth-order valence-electron chi connectivity index (χ4n) is 1.40. The normalized spacial score (nSPS) is 12.4. The van der Waals surface area contributed by atoms with Crippen LogP contribution >= 0.6 is 0 Å². The predicted molar refractivity (Wildman–Crippen MR) is 66.2 cm³/mol. The highest BCUT2D eigenvalue weighted by Gasteiger charge is 2.05. The zero-order valence-corrected chi connectivity index (χ0v) is 10.2. The highest BCUT2D eigenvalue weighted by molar-refractivity contribution is 5.14. The van der Waals surface area contributed by atoms with Gasteiger partial charge in [0, 0.05) is 18.8 Å². The first-order valence-electron chi connectivity index (χ1n) is 5.76. The Hall–Kier alpha value is -1.26. The van der Waals surface area contributed by atoms with Crippen molar-refractivity contribution in [3.63, 3.8) is 0 Å². The summed E-state index contributed by atoms with van der Waals surface area (Å²) in [5.74, 6) is -0.307. The Kier molecular flexibility index (Phi) is 6.43. The standard InChI is InChI=1S/C13H19FN2O/c1-3-4-6-17-7-5-16-11(2)12-8-13(14)10-15-9-12/h3,8-11,16H,1,4-7H2,2H3. The Labute approximate surface area is 102 Å². The Morgan fingerprint density at radius 3 is 3.06 bits per heavy atom. The van der Waals surface area contributed by atoms with Crippen LogP contribution in [0.2, 0.25) is 0 Å². The van der Waals surface area contributed by atoms with Gasteiger partial charge >= 0.3 is 0 Å². The first-order valence-corrected chi connectivity index (χ1v) is 5.76. The maximum atomic E-state index is 12.9. The molecule has 0 spiro atoms. The van der Waals surface area contributed by atoms with Crippen LogP contribution in [0, 0.1) is 5.82 Å². The van der Waals surface area contributed by atoms with E-state index in [9.17, 15) is 4.39 Å². The number of rotatable bonds is 8. The van der Waals surface area contributed by atoms with Crippen molar-refractivity contribution in [2.45, 2.75) is 19.4 Å². The lowest BCUT2D eigenvalue weighted by Crippen LogP contribution is -2.23. The van der Waals surface area contributed by atoms with E-state index in [2.05, 4.69) is 16.9 Å². The molecule has 1 aromatic heterocycles. The molecule has 0 bridgehead atoms. The first kappa shape index (κ1) is 13.8. The predicted octanol–water partition coefficient (Wildman–Crippen LogP) is 2.46. The van der Waals surface area contributed by atoms with Crippen LogP contribution in [0.1, 0.15) is 24.9 Å². The monoisotopic (exact) mass is 238 g/mol. The van der Waals surface area contributed by atoms with Gasteiger partial charge in [0.15, 0.2) is 0 Å². The Bertz CT molecular complexity index is 344. The summed E-state index contributed by atoms with van der Waals surface area (Å²) in [7, 11) is 0. The molecule has 94 valence electrons. The fourth-order valence-corrected chi connectivity index (χ4v) is 1.40. The summed E-state index contributed by atoms with van der Waals surface area (Å²) in [5.41, 5.74) is 0.844. The molecule has 3 nitrogen and oxygen atoms in total. The number of halogens is 1. The Morgan fingerprint density at radius 1 is 1.53 bits per heavy atom. The molecule has 0 aliphatic carbocycles. The summed E-state index contributed by atoms with van der Waals surface area (Å²) in [6.45, 7) is 7.66. The minimum absolute atomic E-state index is 0.0706. The van der Waals surface area contributed by atoms with Gasteiger partial charge in [-0.25, -0.2) is 4.39 Å². The SMILES string of the molecule is C=CCCOCCNC(C)c1cncc(F)c1. The van der Waals surface area contributed by atoms with Gasteiger partial charge in [-0.15, -0.1) is 6.58 Å². The third-order valence-corrected chi connectivity index (χ3v) is 2.39. The van der Waals surface area contributed by atoms with E-state index < -0.39 is 0 Å². The van der Waals surface area contributed by atoms with E-state index in [0.29, 0.717) is 13.2 Å². The zero-order chi connectivity index (χ0) is 12.5. The lowest BCUT2D eigenvalue weighted by atomic mass is 10.1. The number of pyridine rings is 1. The molecule has 1 atom stereocenters. The molecule has 17 heavy (non-hydrogen) atoms. The number of hydrogen-bond acceptors (Lipinski definition) is 3. The average Bonchev–Trinajstić information content (AvgIpc) is 2.33.